The SMILES string of the molecule is CC(C1CC1)C(CCCC1CCCO1)NN. The van der Waals surface area contributed by atoms with Crippen LogP contribution < -0.4 is 11.3 Å². The van der Waals surface area contributed by atoms with Gasteiger partial charge in [-0.15, -0.1) is 0 Å². The second-order valence-corrected chi connectivity index (χ2v) is 5.54. The summed E-state index contributed by atoms with van der Waals surface area (Å²) in [6.07, 6.45) is 9.53. The zero-order valence-corrected chi connectivity index (χ0v) is 10.5. The number of hydrazine groups is 1. The van der Waals surface area contributed by atoms with E-state index >= 15 is 0 Å². The Kier molecular flexibility index (Phi) is 4.62. The Morgan fingerprint density at radius 2 is 2.19 bits per heavy atom. The predicted octanol–water partition coefficient (Wildman–Crippen LogP) is 2.21. The molecule has 3 atom stereocenters. The molecule has 0 amide bonds. The smallest absolute Gasteiger partial charge is 0.0576 e. The highest BCUT2D eigenvalue weighted by Gasteiger charge is 2.32. The molecular weight excluding hydrogens is 200 g/mol. The first-order valence-electron chi connectivity index (χ1n) is 6.89. The lowest BCUT2D eigenvalue weighted by molar-refractivity contribution is 0.100. The highest BCUT2D eigenvalue weighted by atomic mass is 16.5. The van der Waals surface area contributed by atoms with E-state index < -0.39 is 0 Å². The monoisotopic (exact) mass is 226 g/mol. The molecule has 3 heteroatoms. The first-order chi connectivity index (χ1) is 7.81. The van der Waals surface area contributed by atoms with Gasteiger partial charge >= 0.3 is 0 Å². The lowest BCUT2D eigenvalue weighted by Gasteiger charge is -2.23. The van der Waals surface area contributed by atoms with Crippen molar-refractivity contribution in [2.24, 2.45) is 17.7 Å². The molecule has 1 aliphatic carbocycles. The molecule has 94 valence electrons. The van der Waals surface area contributed by atoms with Crippen LogP contribution in [0.5, 0.6) is 0 Å². The van der Waals surface area contributed by atoms with Crippen molar-refractivity contribution >= 4 is 0 Å². The normalized spacial score (nSPS) is 29.2. The van der Waals surface area contributed by atoms with Crippen LogP contribution >= 0.6 is 0 Å². The Bertz CT molecular complexity index is 200. The van der Waals surface area contributed by atoms with Crippen LogP contribution in [0.3, 0.4) is 0 Å². The van der Waals surface area contributed by atoms with Crippen LogP contribution in [0.2, 0.25) is 0 Å². The third-order valence-corrected chi connectivity index (χ3v) is 4.28. The van der Waals surface area contributed by atoms with E-state index in [2.05, 4.69) is 12.3 Å². The summed E-state index contributed by atoms with van der Waals surface area (Å²) < 4.78 is 5.64. The van der Waals surface area contributed by atoms with Gasteiger partial charge in [-0.3, -0.25) is 11.3 Å². The molecule has 2 rings (SSSR count). The molecule has 16 heavy (non-hydrogen) atoms. The minimum absolute atomic E-state index is 0.508. The summed E-state index contributed by atoms with van der Waals surface area (Å²) in [7, 11) is 0. The van der Waals surface area contributed by atoms with Gasteiger partial charge in [0.2, 0.25) is 0 Å². The Morgan fingerprint density at radius 1 is 1.38 bits per heavy atom. The average molecular weight is 226 g/mol. The van der Waals surface area contributed by atoms with Crippen molar-refractivity contribution in [3.63, 3.8) is 0 Å². The molecule has 0 bridgehead atoms. The van der Waals surface area contributed by atoms with Gasteiger partial charge in [0.1, 0.15) is 0 Å². The first-order valence-corrected chi connectivity index (χ1v) is 6.89. The van der Waals surface area contributed by atoms with Crippen LogP contribution in [0.25, 0.3) is 0 Å². The maximum absolute atomic E-state index is 5.65. The summed E-state index contributed by atoms with van der Waals surface area (Å²) in [5, 5.41) is 0. The minimum Gasteiger partial charge on any atom is -0.378 e. The molecule has 0 aromatic rings. The van der Waals surface area contributed by atoms with Crippen molar-refractivity contribution < 1.29 is 4.74 Å². The molecule has 3 N–H and O–H groups in total. The summed E-state index contributed by atoms with van der Waals surface area (Å²) in [4.78, 5) is 0. The van der Waals surface area contributed by atoms with Crippen molar-refractivity contribution in [2.75, 3.05) is 6.61 Å². The number of hydrogen-bond donors (Lipinski definition) is 2. The van der Waals surface area contributed by atoms with Crippen LogP contribution in [-0.4, -0.2) is 18.8 Å². The van der Waals surface area contributed by atoms with Gasteiger partial charge in [0.25, 0.3) is 0 Å². The fourth-order valence-electron chi connectivity index (χ4n) is 2.89. The quantitative estimate of drug-likeness (QED) is 0.517. The maximum atomic E-state index is 5.65. The fraction of sp³-hybridized carbons (Fsp3) is 1.00. The van der Waals surface area contributed by atoms with Crippen LogP contribution in [0.1, 0.15) is 51.9 Å². The first kappa shape index (κ1) is 12.3. The van der Waals surface area contributed by atoms with Crippen molar-refractivity contribution in [3.05, 3.63) is 0 Å². The van der Waals surface area contributed by atoms with Gasteiger partial charge < -0.3 is 4.74 Å². The lowest BCUT2D eigenvalue weighted by Crippen LogP contribution is -2.40. The molecule has 3 nitrogen and oxygen atoms in total. The number of nitrogens with one attached hydrogen (secondary N) is 1. The van der Waals surface area contributed by atoms with Crippen LogP contribution in [0.4, 0.5) is 0 Å². The molecular formula is C13H26N2O. The average Bonchev–Trinajstić information content (AvgIpc) is 3.02. The van der Waals surface area contributed by atoms with E-state index in [0.717, 1.165) is 18.4 Å². The zero-order valence-electron chi connectivity index (χ0n) is 10.5. The summed E-state index contributed by atoms with van der Waals surface area (Å²) in [5.74, 6) is 7.33. The summed E-state index contributed by atoms with van der Waals surface area (Å²) in [5.41, 5.74) is 3.01. The highest BCUT2D eigenvalue weighted by Crippen LogP contribution is 2.39. The van der Waals surface area contributed by atoms with E-state index in [-0.39, 0.29) is 0 Å². The Labute approximate surface area is 99.1 Å². The predicted molar refractivity (Wildman–Crippen MR) is 65.8 cm³/mol. The largest absolute Gasteiger partial charge is 0.378 e. The van der Waals surface area contributed by atoms with Crippen LogP contribution in [-0.2, 0) is 4.74 Å². The third kappa shape index (κ3) is 3.44. The zero-order chi connectivity index (χ0) is 11.4. The Hall–Kier alpha value is -0.120. The molecule has 0 spiro atoms. The number of nitrogens with two attached hydrogens (primary N) is 1. The van der Waals surface area contributed by atoms with Crippen molar-refractivity contribution in [1.29, 1.82) is 0 Å². The van der Waals surface area contributed by atoms with E-state index in [1.54, 1.807) is 0 Å². The van der Waals surface area contributed by atoms with Gasteiger partial charge in [0.15, 0.2) is 0 Å². The Morgan fingerprint density at radius 3 is 2.75 bits per heavy atom. The van der Waals surface area contributed by atoms with E-state index in [9.17, 15) is 0 Å². The van der Waals surface area contributed by atoms with Crippen molar-refractivity contribution in [1.82, 2.24) is 5.43 Å². The summed E-state index contributed by atoms with van der Waals surface area (Å²) in [6.45, 7) is 3.32. The van der Waals surface area contributed by atoms with Gasteiger partial charge in [-0.05, 0) is 56.8 Å². The van der Waals surface area contributed by atoms with Crippen molar-refractivity contribution in [2.45, 2.75) is 64.0 Å². The molecule has 0 aromatic carbocycles. The Balaban J connectivity index is 1.61. The summed E-state index contributed by atoms with van der Waals surface area (Å²) >= 11 is 0. The van der Waals surface area contributed by atoms with Crippen LogP contribution in [0, 0.1) is 11.8 Å². The number of rotatable bonds is 7. The molecule has 0 aromatic heterocycles. The summed E-state index contributed by atoms with van der Waals surface area (Å²) in [6, 6.07) is 0.508. The molecule has 0 radical (unpaired) electrons. The molecule has 1 saturated carbocycles. The standard InChI is InChI=1S/C13H26N2O/c1-10(11-7-8-11)13(15-14)6-2-4-12-5-3-9-16-12/h10-13,15H,2-9,14H2,1H3. The van der Waals surface area contributed by atoms with Gasteiger partial charge in [-0.1, -0.05) is 6.92 Å². The molecule has 3 unspecified atom stereocenters. The highest BCUT2D eigenvalue weighted by molar-refractivity contribution is 4.85. The van der Waals surface area contributed by atoms with Crippen LogP contribution in [0.15, 0.2) is 0 Å². The van der Waals surface area contributed by atoms with Crippen molar-refractivity contribution in [3.8, 4) is 0 Å². The van der Waals surface area contributed by atoms with E-state index in [0.29, 0.717) is 12.1 Å². The van der Waals surface area contributed by atoms with E-state index in [1.807, 2.05) is 0 Å². The second-order valence-electron chi connectivity index (χ2n) is 5.54. The molecule has 2 aliphatic rings. The van der Waals surface area contributed by atoms with Gasteiger partial charge in [-0.25, -0.2) is 0 Å². The molecule has 1 heterocycles. The lowest BCUT2D eigenvalue weighted by atomic mass is 9.92. The molecule has 2 fully saturated rings. The fourth-order valence-corrected chi connectivity index (χ4v) is 2.89. The van der Waals surface area contributed by atoms with Gasteiger partial charge in [0, 0.05) is 12.6 Å². The van der Waals surface area contributed by atoms with Gasteiger partial charge in [0.05, 0.1) is 6.10 Å². The topological polar surface area (TPSA) is 47.3 Å². The maximum Gasteiger partial charge on any atom is 0.0576 e. The molecule has 1 aliphatic heterocycles. The second kappa shape index (κ2) is 5.99. The van der Waals surface area contributed by atoms with E-state index in [1.165, 1.54) is 44.9 Å². The molecule has 1 saturated heterocycles. The number of ether oxygens (including phenoxy) is 1. The minimum atomic E-state index is 0.508. The van der Waals surface area contributed by atoms with E-state index in [4.69, 9.17) is 10.6 Å². The van der Waals surface area contributed by atoms with Gasteiger partial charge in [-0.2, -0.15) is 0 Å². The number of hydrogen-bond acceptors (Lipinski definition) is 3. The third-order valence-electron chi connectivity index (χ3n) is 4.28.